The summed E-state index contributed by atoms with van der Waals surface area (Å²) in [6, 6.07) is 0.289. The molecule has 1 amide bonds. The third-order valence-electron chi connectivity index (χ3n) is 3.18. The number of hydrogen-bond acceptors (Lipinski definition) is 5. The van der Waals surface area contributed by atoms with Crippen LogP contribution in [0.3, 0.4) is 0 Å². The third-order valence-corrected chi connectivity index (χ3v) is 3.46. The van der Waals surface area contributed by atoms with Gasteiger partial charge in [0.1, 0.15) is 6.04 Å². The van der Waals surface area contributed by atoms with Gasteiger partial charge in [-0.25, -0.2) is 9.97 Å². The van der Waals surface area contributed by atoms with E-state index < -0.39 is 5.91 Å². The van der Waals surface area contributed by atoms with Crippen LogP contribution < -0.4 is 40.8 Å². The molecule has 1 aromatic heterocycles. The number of nitrogens with one attached hydrogen (secondary N) is 1. The summed E-state index contributed by atoms with van der Waals surface area (Å²) in [7, 11) is 6.23. The molecule has 9 heteroatoms. The number of halogens is 2. The number of nitrogens with two attached hydrogens (primary N) is 2. The number of nitrogen functional groups attached to an aromatic ring is 2. The van der Waals surface area contributed by atoms with Crippen molar-refractivity contribution in [3.05, 3.63) is 10.8 Å². The van der Waals surface area contributed by atoms with Gasteiger partial charge in [0.15, 0.2) is 22.5 Å². The second-order valence-electron chi connectivity index (χ2n) is 5.52. The van der Waals surface area contributed by atoms with Crippen molar-refractivity contribution < 1.29 is 33.3 Å². The standard InChI is InChI=1S/C12H21ClN6O.HI/c1-5-7(19(2,3)4)6-16-12(20)8-10(14)18-11(15)9(13)17-8;/h7H,5-6H2,1-4H3,(H4-,14,15,16,18,20);1H/t7-;/m0./s1. The first-order chi connectivity index (χ1) is 9.16. The van der Waals surface area contributed by atoms with Gasteiger partial charge in [0.2, 0.25) is 0 Å². The summed E-state index contributed by atoms with van der Waals surface area (Å²) in [5, 5.41) is 2.78. The Morgan fingerprint density at radius 1 is 1.29 bits per heavy atom. The number of aromatic nitrogens is 2. The molecule has 21 heavy (non-hydrogen) atoms. The summed E-state index contributed by atoms with van der Waals surface area (Å²) in [5.41, 5.74) is 11.1. The van der Waals surface area contributed by atoms with E-state index in [1.807, 2.05) is 0 Å². The van der Waals surface area contributed by atoms with E-state index in [2.05, 4.69) is 43.4 Å². The molecule has 0 aliphatic heterocycles. The molecule has 0 saturated heterocycles. The van der Waals surface area contributed by atoms with E-state index in [0.717, 1.165) is 10.9 Å². The van der Waals surface area contributed by atoms with Gasteiger partial charge in [-0.05, 0) is 6.42 Å². The summed E-state index contributed by atoms with van der Waals surface area (Å²) in [5.74, 6) is -0.412. The van der Waals surface area contributed by atoms with E-state index in [-0.39, 0.29) is 52.5 Å². The lowest BCUT2D eigenvalue weighted by Crippen LogP contribution is -3.00. The lowest BCUT2D eigenvalue weighted by Gasteiger charge is -2.33. The van der Waals surface area contributed by atoms with Crippen LogP contribution in [0.4, 0.5) is 11.6 Å². The van der Waals surface area contributed by atoms with Crippen LogP contribution in [0.15, 0.2) is 0 Å². The summed E-state index contributed by atoms with van der Waals surface area (Å²) in [6.45, 7) is 2.59. The van der Waals surface area contributed by atoms with Crippen molar-refractivity contribution in [2.75, 3.05) is 39.2 Å². The van der Waals surface area contributed by atoms with Crippen molar-refractivity contribution in [1.29, 1.82) is 0 Å². The Bertz CT molecular complexity index is 505. The minimum absolute atomic E-state index is 0. The number of quaternary nitrogens is 1. The predicted molar refractivity (Wildman–Crippen MR) is 80.3 cm³/mol. The first kappa shape index (κ1) is 20.1. The maximum Gasteiger partial charge on any atom is 0.274 e. The SMILES string of the molecule is CC[C@@H](CNC(=O)c1nc(Cl)c(N)nc1N)[N+](C)(C)C.[I-]. The van der Waals surface area contributed by atoms with Gasteiger partial charge in [-0.1, -0.05) is 18.5 Å². The normalized spacial score (nSPS) is 12.4. The first-order valence-corrected chi connectivity index (χ1v) is 6.72. The Morgan fingerprint density at radius 3 is 2.33 bits per heavy atom. The largest absolute Gasteiger partial charge is 1.00 e. The summed E-state index contributed by atoms with van der Waals surface area (Å²) in [4.78, 5) is 19.7. The highest BCUT2D eigenvalue weighted by molar-refractivity contribution is 6.31. The van der Waals surface area contributed by atoms with E-state index in [9.17, 15) is 4.79 Å². The Labute approximate surface area is 147 Å². The number of hydrogen-bond donors (Lipinski definition) is 3. The molecule has 0 aromatic carbocycles. The molecule has 7 nitrogen and oxygen atoms in total. The zero-order valence-electron chi connectivity index (χ0n) is 12.7. The molecular weight excluding hydrogens is 407 g/mol. The fourth-order valence-corrected chi connectivity index (χ4v) is 2.00. The molecule has 0 bridgehead atoms. The Hall–Kier alpha value is -0.870. The van der Waals surface area contributed by atoms with E-state index in [4.69, 9.17) is 23.1 Å². The molecule has 0 radical (unpaired) electrons. The van der Waals surface area contributed by atoms with Gasteiger partial charge in [-0.2, -0.15) is 0 Å². The monoisotopic (exact) mass is 428 g/mol. The molecular formula is C12H22ClIN6O. The van der Waals surface area contributed by atoms with Gasteiger partial charge < -0.3 is 45.2 Å². The van der Waals surface area contributed by atoms with Crippen LogP contribution in [-0.2, 0) is 0 Å². The average Bonchev–Trinajstić information content (AvgIpc) is 2.32. The van der Waals surface area contributed by atoms with E-state index in [0.29, 0.717) is 6.54 Å². The Morgan fingerprint density at radius 2 is 1.86 bits per heavy atom. The van der Waals surface area contributed by atoms with E-state index >= 15 is 0 Å². The number of anilines is 2. The highest BCUT2D eigenvalue weighted by atomic mass is 127. The highest BCUT2D eigenvalue weighted by Gasteiger charge is 2.23. The van der Waals surface area contributed by atoms with Gasteiger partial charge in [0.05, 0.1) is 27.7 Å². The van der Waals surface area contributed by atoms with E-state index in [1.165, 1.54) is 0 Å². The third kappa shape index (κ3) is 5.44. The minimum atomic E-state index is -0.399. The van der Waals surface area contributed by atoms with Crippen molar-refractivity contribution >= 4 is 29.1 Å². The molecule has 0 fully saturated rings. The Kier molecular flexibility index (Phi) is 7.62. The van der Waals surface area contributed by atoms with Crippen molar-refractivity contribution in [2.24, 2.45) is 0 Å². The lowest BCUT2D eigenvalue weighted by molar-refractivity contribution is -0.894. The van der Waals surface area contributed by atoms with Crippen molar-refractivity contribution in [3.8, 4) is 0 Å². The summed E-state index contributed by atoms with van der Waals surface area (Å²) < 4.78 is 0.750. The molecule has 5 N–H and O–H groups in total. The second kappa shape index (κ2) is 7.95. The lowest BCUT2D eigenvalue weighted by atomic mass is 10.1. The zero-order valence-corrected chi connectivity index (χ0v) is 15.6. The minimum Gasteiger partial charge on any atom is -1.00 e. The van der Waals surface area contributed by atoms with E-state index in [1.54, 1.807) is 0 Å². The number of carbonyl (C=O) groups excluding carboxylic acids is 1. The zero-order chi connectivity index (χ0) is 15.5. The molecule has 0 saturated carbocycles. The second-order valence-corrected chi connectivity index (χ2v) is 5.88. The van der Waals surface area contributed by atoms with Gasteiger partial charge in [0.25, 0.3) is 5.91 Å². The molecule has 0 aliphatic carbocycles. The predicted octanol–water partition coefficient (Wildman–Crippen LogP) is -2.49. The number of likely N-dealkylation sites (N-methyl/N-ethyl adjacent to an activating group) is 1. The van der Waals surface area contributed by atoms with Crippen LogP contribution in [0, 0.1) is 0 Å². The van der Waals surface area contributed by atoms with Crippen LogP contribution >= 0.6 is 11.6 Å². The fourth-order valence-electron chi connectivity index (χ4n) is 1.87. The topological polar surface area (TPSA) is 107 Å². The molecule has 1 heterocycles. The number of amides is 1. The number of nitrogens with zero attached hydrogens (tertiary/aromatic N) is 3. The molecule has 0 spiro atoms. The fraction of sp³-hybridized carbons (Fsp3) is 0.583. The molecule has 1 aromatic rings. The van der Waals surface area contributed by atoms with Crippen LogP contribution in [0.2, 0.25) is 5.15 Å². The first-order valence-electron chi connectivity index (χ1n) is 6.34. The highest BCUT2D eigenvalue weighted by Crippen LogP contribution is 2.17. The van der Waals surface area contributed by atoms with Crippen molar-refractivity contribution in [3.63, 3.8) is 0 Å². The van der Waals surface area contributed by atoms with Gasteiger partial charge in [-0.3, -0.25) is 4.79 Å². The smallest absolute Gasteiger partial charge is 0.274 e. The van der Waals surface area contributed by atoms with Crippen LogP contribution in [-0.4, -0.2) is 54.1 Å². The number of carbonyl (C=O) groups is 1. The quantitative estimate of drug-likeness (QED) is 0.355. The summed E-state index contributed by atoms with van der Waals surface area (Å²) in [6.07, 6.45) is 0.938. The van der Waals surface area contributed by atoms with Crippen LogP contribution in [0.1, 0.15) is 23.8 Å². The maximum absolute atomic E-state index is 12.1. The van der Waals surface area contributed by atoms with Gasteiger partial charge in [-0.15, -0.1) is 0 Å². The molecule has 120 valence electrons. The van der Waals surface area contributed by atoms with Crippen LogP contribution in [0.5, 0.6) is 0 Å². The Balaban J connectivity index is 0.00000400. The van der Waals surface area contributed by atoms with Crippen molar-refractivity contribution in [2.45, 2.75) is 19.4 Å². The van der Waals surface area contributed by atoms with Crippen LogP contribution in [0.25, 0.3) is 0 Å². The molecule has 0 aliphatic rings. The molecule has 0 unspecified atom stereocenters. The average molecular weight is 429 g/mol. The molecule has 1 atom stereocenters. The summed E-state index contributed by atoms with van der Waals surface area (Å²) >= 11 is 5.76. The molecule has 1 rings (SSSR count). The van der Waals surface area contributed by atoms with Crippen molar-refractivity contribution in [1.82, 2.24) is 15.3 Å². The maximum atomic E-state index is 12.1. The number of rotatable bonds is 5. The van der Waals surface area contributed by atoms with Gasteiger partial charge >= 0.3 is 0 Å². The van der Waals surface area contributed by atoms with Gasteiger partial charge in [0, 0.05) is 0 Å².